The van der Waals surface area contributed by atoms with Gasteiger partial charge in [-0.3, -0.25) is 4.79 Å². The van der Waals surface area contributed by atoms with Gasteiger partial charge in [-0.25, -0.2) is 9.59 Å². The molecule has 1 aliphatic rings. The Bertz CT molecular complexity index is 1030. The molecule has 2 aromatic carbocycles. The largest absolute Gasteiger partial charge is 0.459 e. The first-order valence-electron chi connectivity index (χ1n) is 9.20. The summed E-state index contributed by atoms with van der Waals surface area (Å²) in [5.41, 5.74) is 0.536. The van der Waals surface area contributed by atoms with Gasteiger partial charge in [0.25, 0.3) is 6.47 Å². The van der Waals surface area contributed by atoms with Crippen LogP contribution in [-0.2, 0) is 33.3 Å². The molecule has 0 amide bonds. The molecule has 1 atom stereocenters. The van der Waals surface area contributed by atoms with Gasteiger partial charge in [0, 0.05) is 12.5 Å². The van der Waals surface area contributed by atoms with Crippen LogP contribution in [0.25, 0.3) is 0 Å². The maximum absolute atomic E-state index is 13.3. The van der Waals surface area contributed by atoms with Crippen LogP contribution in [0.5, 0.6) is 11.5 Å². The van der Waals surface area contributed by atoms with E-state index in [2.05, 4.69) is 11.3 Å². The minimum absolute atomic E-state index is 0.00279. The molecule has 0 aliphatic heterocycles. The van der Waals surface area contributed by atoms with Crippen LogP contribution in [0.4, 0.5) is 13.2 Å². The number of hydrogen-bond donors (Lipinski definition) is 0. The number of carbonyl (C=O) groups is 3. The first-order valence-corrected chi connectivity index (χ1v) is 9.20. The van der Waals surface area contributed by atoms with Crippen LogP contribution in [-0.4, -0.2) is 24.5 Å². The molecule has 0 bridgehead atoms. The molecule has 1 aliphatic carbocycles. The summed E-state index contributed by atoms with van der Waals surface area (Å²) in [6.45, 7) is 3.35. The van der Waals surface area contributed by atoms with Crippen molar-refractivity contribution in [2.24, 2.45) is 0 Å². The van der Waals surface area contributed by atoms with E-state index >= 15 is 0 Å². The van der Waals surface area contributed by atoms with Gasteiger partial charge in [-0.15, -0.1) is 0 Å². The molecule has 9 heteroatoms. The van der Waals surface area contributed by atoms with Gasteiger partial charge in [0.2, 0.25) is 0 Å². The summed E-state index contributed by atoms with van der Waals surface area (Å²) in [7, 11) is 0. The van der Waals surface area contributed by atoms with Gasteiger partial charge in [0.1, 0.15) is 23.2 Å². The second-order valence-corrected chi connectivity index (χ2v) is 6.75. The Kier molecular flexibility index (Phi) is 6.43. The Morgan fingerprint density at radius 1 is 1.10 bits per heavy atom. The first-order chi connectivity index (χ1) is 14.7. The van der Waals surface area contributed by atoms with Crippen molar-refractivity contribution in [1.82, 2.24) is 0 Å². The van der Waals surface area contributed by atoms with Crippen molar-refractivity contribution in [1.29, 1.82) is 0 Å². The third-order valence-corrected chi connectivity index (χ3v) is 4.72. The molecule has 31 heavy (non-hydrogen) atoms. The summed E-state index contributed by atoms with van der Waals surface area (Å²) in [4.78, 5) is 34.2. The Balaban J connectivity index is 1.78. The summed E-state index contributed by atoms with van der Waals surface area (Å²) >= 11 is 0. The van der Waals surface area contributed by atoms with Crippen molar-refractivity contribution in [2.45, 2.75) is 31.5 Å². The molecule has 0 heterocycles. The van der Waals surface area contributed by atoms with Gasteiger partial charge in [-0.05, 0) is 54.3 Å². The first kappa shape index (κ1) is 22.1. The average Bonchev–Trinajstić information content (AvgIpc) is 2.73. The third-order valence-electron chi connectivity index (χ3n) is 4.72. The zero-order chi connectivity index (χ0) is 22.6. The van der Waals surface area contributed by atoms with Crippen LogP contribution in [0.15, 0.2) is 49.1 Å². The van der Waals surface area contributed by atoms with E-state index < -0.39 is 29.4 Å². The zero-order valence-electron chi connectivity index (χ0n) is 16.1. The molecule has 1 unspecified atom stereocenters. The van der Waals surface area contributed by atoms with Crippen LogP contribution in [0.1, 0.15) is 33.5 Å². The maximum Gasteiger partial charge on any atom is 0.420 e. The van der Waals surface area contributed by atoms with Crippen molar-refractivity contribution < 1.29 is 41.8 Å². The number of halogens is 3. The van der Waals surface area contributed by atoms with E-state index in [1.54, 1.807) is 12.1 Å². The number of rotatable bonds is 6. The molecule has 0 aromatic heterocycles. The van der Waals surface area contributed by atoms with Gasteiger partial charge in [0.15, 0.2) is 0 Å². The topological polar surface area (TPSA) is 78.9 Å². The van der Waals surface area contributed by atoms with Crippen molar-refractivity contribution in [3.05, 3.63) is 71.3 Å². The SMILES string of the molecule is C=CC(=O)OC1CCc2cc(C(=O)Oc3ccc(OC=O)cc3C(F)(F)F)ccc2C1. The Hall–Kier alpha value is -3.62. The van der Waals surface area contributed by atoms with Crippen LogP contribution < -0.4 is 9.47 Å². The molecule has 0 saturated carbocycles. The molecule has 162 valence electrons. The fourth-order valence-corrected chi connectivity index (χ4v) is 3.27. The van der Waals surface area contributed by atoms with Crippen LogP contribution in [0, 0.1) is 0 Å². The Morgan fingerprint density at radius 2 is 1.87 bits per heavy atom. The lowest BCUT2D eigenvalue weighted by Gasteiger charge is -2.24. The van der Waals surface area contributed by atoms with Crippen LogP contribution in [0.2, 0.25) is 0 Å². The van der Waals surface area contributed by atoms with Gasteiger partial charge in [-0.1, -0.05) is 12.6 Å². The predicted molar refractivity (Wildman–Crippen MR) is 102 cm³/mol. The number of esters is 2. The number of alkyl halides is 3. The molecule has 0 fully saturated rings. The van der Waals surface area contributed by atoms with Gasteiger partial charge < -0.3 is 14.2 Å². The maximum atomic E-state index is 13.3. The lowest BCUT2D eigenvalue weighted by molar-refractivity contribution is -0.143. The predicted octanol–water partition coefficient (Wildman–Crippen LogP) is 4.05. The second kappa shape index (κ2) is 9.03. The highest BCUT2D eigenvalue weighted by atomic mass is 19.4. The second-order valence-electron chi connectivity index (χ2n) is 6.75. The van der Waals surface area contributed by atoms with E-state index in [4.69, 9.17) is 9.47 Å². The van der Waals surface area contributed by atoms with Gasteiger partial charge in [-0.2, -0.15) is 13.2 Å². The van der Waals surface area contributed by atoms with E-state index in [9.17, 15) is 27.6 Å². The van der Waals surface area contributed by atoms with E-state index in [0.717, 1.165) is 29.3 Å². The lowest BCUT2D eigenvalue weighted by Crippen LogP contribution is -2.25. The van der Waals surface area contributed by atoms with Crippen LogP contribution >= 0.6 is 0 Å². The molecule has 0 radical (unpaired) electrons. The summed E-state index contributed by atoms with van der Waals surface area (Å²) < 4.78 is 54.6. The van der Waals surface area contributed by atoms with Crippen molar-refractivity contribution >= 4 is 18.4 Å². The summed E-state index contributed by atoms with van der Waals surface area (Å²) in [6, 6.07) is 7.23. The lowest BCUT2D eigenvalue weighted by atomic mass is 9.88. The molecule has 2 aromatic rings. The van der Waals surface area contributed by atoms with Crippen molar-refractivity contribution in [3.63, 3.8) is 0 Å². The summed E-state index contributed by atoms with van der Waals surface area (Å²) in [6.07, 6.45) is -2.52. The average molecular weight is 434 g/mol. The minimum Gasteiger partial charge on any atom is -0.459 e. The number of fused-ring (bicyclic) bond motifs is 1. The number of ether oxygens (including phenoxy) is 3. The Labute approximate surface area is 175 Å². The number of aryl methyl sites for hydroxylation is 1. The highest BCUT2D eigenvalue weighted by molar-refractivity contribution is 5.91. The van der Waals surface area contributed by atoms with E-state index in [1.807, 2.05) is 0 Å². The molecule has 3 rings (SSSR count). The Morgan fingerprint density at radius 3 is 2.55 bits per heavy atom. The molecular formula is C22H17F3O6. The summed E-state index contributed by atoms with van der Waals surface area (Å²) in [5.74, 6) is -2.51. The molecular weight excluding hydrogens is 417 g/mol. The zero-order valence-corrected chi connectivity index (χ0v) is 16.1. The molecule has 6 nitrogen and oxygen atoms in total. The minimum atomic E-state index is -4.83. The van der Waals surface area contributed by atoms with Gasteiger partial charge >= 0.3 is 18.1 Å². The van der Waals surface area contributed by atoms with Crippen LogP contribution in [0.3, 0.4) is 0 Å². The third kappa shape index (κ3) is 5.30. The quantitative estimate of drug-likeness (QED) is 0.296. The van der Waals surface area contributed by atoms with E-state index in [1.165, 1.54) is 6.07 Å². The standard InChI is InChI=1S/C22H17F3O6/c1-2-20(27)30-17-6-5-13-9-15(4-3-14(13)10-17)21(28)31-19-8-7-16(29-12-26)11-18(19)22(23,24)25/h2-4,7-9,11-12,17H,1,5-6,10H2. The fraction of sp³-hybridized carbons (Fsp3) is 0.227. The van der Waals surface area contributed by atoms with Crippen molar-refractivity contribution in [2.75, 3.05) is 0 Å². The normalized spacial score (nSPS) is 15.4. The molecule has 0 N–H and O–H groups in total. The van der Waals surface area contributed by atoms with E-state index in [-0.39, 0.29) is 23.9 Å². The number of benzene rings is 2. The van der Waals surface area contributed by atoms with Gasteiger partial charge in [0.05, 0.1) is 5.56 Å². The highest BCUT2D eigenvalue weighted by Crippen LogP contribution is 2.38. The van der Waals surface area contributed by atoms with Crippen molar-refractivity contribution in [3.8, 4) is 11.5 Å². The fourth-order valence-electron chi connectivity index (χ4n) is 3.27. The molecule has 0 saturated heterocycles. The summed E-state index contributed by atoms with van der Waals surface area (Å²) in [5, 5.41) is 0. The highest BCUT2D eigenvalue weighted by Gasteiger charge is 2.36. The monoisotopic (exact) mass is 434 g/mol. The number of carbonyl (C=O) groups excluding carboxylic acids is 3. The number of hydrogen-bond acceptors (Lipinski definition) is 6. The van der Waals surface area contributed by atoms with E-state index in [0.29, 0.717) is 25.3 Å². The molecule has 0 spiro atoms. The smallest absolute Gasteiger partial charge is 0.420 e.